The number of hydrogen-bond donors (Lipinski definition) is 0. The van der Waals surface area contributed by atoms with Crippen LogP contribution in [0.5, 0.6) is 23.0 Å². The minimum atomic E-state index is -0.0352. The average Bonchev–Trinajstić information content (AvgIpc) is 2.78. The molecule has 2 aromatic carbocycles. The number of ether oxygens (including phenoxy) is 5. The summed E-state index contributed by atoms with van der Waals surface area (Å²) in [5.41, 5.74) is 2.86. The van der Waals surface area contributed by atoms with E-state index in [0.717, 1.165) is 11.1 Å². The molecule has 0 radical (unpaired) electrons. The minimum absolute atomic E-state index is 0.0352. The summed E-state index contributed by atoms with van der Waals surface area (Å²) in [6.45, 7) is 5.46. The van der Waals surface area contributed by atoms with Crippen molar-refractivity contribution in [2.75, 3.05) is 40.6 Å². The standard InChI is InChI=1S/C25H28O6/c1-5-30-21-9-7-17(13-23(21)27-3)11-19-15-29-16-20(25(19)26)12-18-8-10-22(31-6-2)24(14-18)28-4/h7-14H,5-6,15-16H2,1-4H3/b19-11+,20-12+. The fourth-order valence-corrected chi connectivity index (χ4v) is 3.32. The first-order chi connectivity index (χ1) is 15.1. The molecule has 0 bridgehead atoms. The largest absolute Gasteiger partial charge is 0.493 e. The van der Waals surface area contributed by atoms with Gasteiger partial charge in [-0.25, -0.2) is 0 Å². The normalized spacial score (nSPS) is 16.5. The Morgan fingerprint density at radius 1 is 0.774 bits per heavy atom. The van der Waals surface area contributed by atoms with E-state index in [4.69, 9.17) is 23.7 Å². The highest BCUT2D eigenvalue weighted by Crippen LogP contribution is 2.31. The Morgan fingerprint density at radius 2 is 1.23 bits per heavy atom. The van der Waals surface area contributed by atoms with Crippen molar-refractivity contribution in [2.45, 2.75) is 13.8 Å². The lowest BCUT2D eigenvalue weighted by Gasteiger charge is -2.18. The first-order valence-corrected chi connectivity index (χ1v) is 10.2. The Bertz CT molecular complexity index is 912. The SMILES string of the molecule is CCOc1ccc(/C=C2\COC/C(=C\c3ccc(OCC)c(OC)c3)C2=O)cc1OC. The van der Waals surface area contributed by atoms with E-state index >= 15 is 0 Å². The first-order valence-electron chi connectivity index (χ1n) is 10.2. The molecule has 1 aliphatic rings. The second-order valence-corrected chi connectivity index (χ2v) is 6.85. The molecular formula is C25H28O6. The van der Waals surface area contributed by atoms with Gasteiger partial charge in [-0.15, -0.1) is 0 Å². The van der Waals surface area contributed by atoms with Crippen LogP contribution < -0.4 is 18.9 Å². The number of ketones is 1. The Hall–Kier alpha value is -3.25. The zero-order valence-corrected chi connectivity index (χ0v) is 18.4. The molecule has 1 fully saturated rings. The van der Waals surface area contributed by atoms with Crippen molar-refractivity contribution in [1.82, 2.24) is 0 Å². The summed E-state index contributed by atoms with van der Waals surface area (Å²) >= 11 is 0. The number of methoxy groups -OCH3 is 2. The van der Waals surface area contributed by atoms with Gasteiger partial charge < -0.3 is 23.7 Å². The van der Waals surface area contributed by atoms with E-state index in [1.165, 1.54) is 0 Å². The molecule has 1 aliphatic heterocycles. The van der Waals surface area contributed by atoms with Crippen LogP contribution in [0.4, 0.5) is 0 Å². The van der Waals surface area contributed by atoms with Gasteiger partial charge in [0, 0.05) is 11.1 Å². The molecule has 1 saturated heterocycles. The van der Waals surface area contributed by atoms with E-state index in [1.54, 1.807) is 14.2 Å². The number of carbonyl (C=O) groups excluding carboxylic acids is 1. The molecule has 0 atom stereocenters. The van der Waals surface area contributed by atoms with E-state index in [0.29, 0.717) is 47.4 Å². The summed E-state index contributed by atoms with van der Waals surface area (Å²) < 4.78 is 27.6. The van der Waals surface area contributed by atoms with Crippen molar-refractivity contribution in [3.05, 3.63) is 58.7 Å². The van der Waals surface area contributed by atoms with Crippen molar-refractivity contribution in [1.29, 1.82) is 0 Å². The monoisotopic (exact) mass is 424 g/mol. The lowest BCUT2D eigenvalue weighted by atomic mass is 9.97. The highest BCUT2D eigenvalue weighted by atomic mass is 16.5. The maximum absolute atomic E-state index is 13.1. The quantitative estimate of drug-likeness (QED) is 0.579. The second-order valence-electron chi connectivity index (χ2n) is 6.85. The molecule has 0 unspecified atom stereocenters. The third-order valence-electron chi connectivity index (χ3n) is 4.76. The molecule has 6 heteroatoms. The van der Waals surface area contributed by atoms with E-state index in [2.05, 4.69) is 0 Å². The third kappa shape index (κ3) is 5.47. The molecule has 0 spiro atoms. The lowest BCUT2D eigenvalue weighted by Crippen LogP contribution is -2.21. The topological polar surface area (TPSA) is 63.2 Å². The highest BCUT2D eigenvalue weighted by molar-refractivity contribution is 6.14. The third-order valence-corrected chi connectivity index (χ3v) is 4.76. The Kier molecular flexibility index (Phi) is 7.73. The molecule has 0 amide bonds. The number of rotatable bonds is 8. The van der Waals surface area contributed by atoms with Crippen LogP contribution in [0.3, 0.4) is 0 Å². The fourth-order valence-electron chi connectivity index (χ4n) is 3.32. The van der Waals surface area contributed by atoms with Crippen molar-refractivity contribution in [3.8, 4) is 23.0 Å². The molecule has 2 aromatic rings. The number of carbonyl (C=O) groups is 1. The highest BCUT2D eigenvalue weighted by Gasteiger charge is 2.21. The van der Waals surface area contributed by atoms with Gasteiger partial charge in [0.2, 0.25) is 0 Å². The van der Waals surface area contributed by atoms with Gasteiger partial charge in [-0.2, -0.15) is 0 Å². The summed E-state index contributed by atoms with van der Waals surface area (Å²) in [5.74, 6) is 2.55. The van der Waals surface area contributed by atoms with Crippen LogP contribution in [0.15, 0.2) is 47.5 Å². The Morgan fingerprint density at radius 3 is 1.61 bits per heavy atom. The lowest BCUT2D eigenvalue weighted by molar-refractivity contribution is -0.114. The molecule has 6 nitrogen and oxygen atoms in total. The van der Waals surface area contributed by atoms with Gasteiger partial charge >= 0.3 is 0 Å². The summed E-state index contributed by atoms with van der Waals surface area (Å²) in [4.78, 5) is 13.1. The number of Topliss-reactive ketones (excluding diaryl/α,β-unsaturated/α-hetero) is 1. The zero-order valence-electron chi connectivity index (χ0n) is 18.4. The van der Waals surface area contributed by atoms with Gasteiger partial charge in [-0.05, 0) is 61.4 Å². The molecule has 31 heavy (non-hydrogen) atoms. The van der Waals surface area contributed by atoms with Crippen LogP contribution in [0.1, 0.15) is 25.0 Å². The van der Waals surface area contributed by atoms with Gasteiger partial charge in [0.1, 0.15) is 0 Å². The Balaban J connectivity index is 1.86. The summed E-state index contributed by atoms with van der Waals surface area (Å²) in [6.07, 6.45) is 3.65. The summed E-state index contributed by atoms with van der Waals surface area (Å²) in [5, 5.41) is 0. The van der Waals surface area contributed by atoms with Gasteiger partial charge in [-0.3, -0.25) is 4.79 Å². The molecule has 1 heterocycles. The van der Waals surface area contributed by atoms with Gasteiger partial charge in [0.25, 0.3) is 0 Å². The van der Waals surface area contributed by atoms with Gasteiger partial charge in [0.05, 0.1) is 40.6 Å². The molecule has 0 N–H and O–H groups in total. The van der Waals surface area contributed by atoms with Crippen molar-refractivity contribution in [2.24, 2.45) is 0 Å². The maximum Gasteiger partial charge on any atom is 0.189 e. The van der Waals surface area contributed by atoms with Crippen LogP contribution in [0, 0.1) is 0 Å². The van der Waals surface area contributed by atoms with Crippen LogP contribution in [-0.4, -0.2) is 46.4 Å². The molecule has 0 aromatic heterocycles. The van der Waals surface area contributed by atoms with Crippen LogP contribution in [0.2, 0.25) is 0 Å². The number of hydrogen-bond acceptors (Lipinski definition) is 6. The van der Waals surface area contributed by atoms with E-state index in [-0.39, 0.29) is 19.0 Å². The van der Waals surface area contributed by atoms with Crippen molar-refractivity contribution < 1.29 is 28.5 Å². The number of benzene rings is 2. The fraction of sp³-hybridized carbons (Fsp3) is 0.320. The van der Waals surface area contributed by atoms with E-state index in [1.807, 2.05) is 62.4 Å². The molecule has 164 valence electrons. The minimum Gasteiger partial charge on any atom is -0.493 e. The smallest absolute Gasteiger partial charge is 0.189 e. The van der Waals surface area contributed by atoms with E-state index in [9.17, 15) is 4.79 Å². The molecule has 0 saturated carbocycles. The van der Waals surface area contributed by atoms with E-state index < -0.39 is 0 Å². The first kappa shape index (κ1) is 22.4. The van der Waals surface area contributed by atoms with Crippen molar-refractivity contribution >= 4 is 17.9 Å². The molecule has 0 aliphatic carbocycles. The molecule has 3 rings (SSSR count). The summed E-state index contributed by atoms with van der Waals surface area (Å²) in [6, 6.07) is 11.2. The maximum atomic E-state index is 13.1. The predicted molar refractivity (Wildman–Crippen MR) is 120 cm³/mol. The van der Waals surface area contributed by atoms with Gasteiger partial charge in [-0.1, -0.05) is 12.1 Å². The average molecular weight is 424 g/mol. The van der Waals surface area contributed by atoms with Crippen molar-refractivity contribution in [3.63, 3.8) is 0 Å². The van der Waals surface area contributed by atoms with Crippen LogP contribution in [-0.2, 0) is 9.53 Å². The van der Waals surface area contributed by atoms with Crippen LogP contribution in [0.25, 0.3) is 12.2 Å². The molecular weight excluding hydrogens is 396 g/mol. The summed E-state index contributed by atoms with van der Waals surface area (Å²) in [7, 11) is 3.19. The predicted octanol–water partition coefficient (Wildman–Crippen LogP) is 4.57. The second kappa shape index (κ2) is 10.7. The zero-order chi connectivity index (χ0) is 22.2. The Labute approximate surface area is 183 Å². The van der Waals surface area contributed by atoms with Crippen LogP contribution >= 0.6 is 0 Å². The van der Waals surface area contributed by atoms with Gasteiger partial charge in [0.15, 0.2) is 28.8 Å².